The fourth-order valence-electron chi connectivity index (χ4n) is 2.32. The topological polar surface area (TPSA) is 64.4 Å². The van der Waals surface area contributed by atoms with E-state index in [-0.39, 0.29) is 24.2 Å². The van der Waals surface area contributed by atoms with Gasteiger partial charge in [-0.3, -0.25) is 4.79 Å². The molecule has 1 amide bonds. The molecule has 1 heterocycles. The van der Waals surface area contributed by atoms with Gasteiger partial charge in [0.15, 0.2) is 0 Å². The highest BCUT2D eigenvalue weighted by Crippen LogP contribution is 2.33. The van der Waals surface area contributed by atoms with Crippen LogP contribution in [0, 0.1) is 5.92 Å². The van der Waals surface area contributed by atoms with E-state index < -0.39 is 0 Å². The van der Waals surface area contributed by atoms with Gasteiger partial charge in [0.1, 0.15) is 6.10 Å². The Bertz CT molecular complexity index is 253. The predicted molar refractivity (Wildman–Crippen MR) is 61.9 cm³/mol. The Morgan fingerprint density at radius 3 is 2.75 bits per heavy atom. The lowest BCUT2D eigenvalue weighted by Crippen LogP contribution is -2.40. The van der Waals surface area contributed by atoms with Crippen LogP contribution in [0.2, 0.25) is 0 Å². The van der Waals surface area contributed by atoms with Crippen molar-refractivity contribution in [1.29, 1.82) is 0 Å². The van der Waals surface area contributed by atoms with Crippen molar-refractivity contribution in [3.8, 4) is 0 Å². The lowest BCUT2D eigenvalue weighted by atomic mass is 10.1. The number of hydrogen-bond donors (Lipinski definition) is 2. The second kappa shape index (κ2) is 5.15. The SMILES string of the molecule is CC(CC1CC1)NC(=O)[C@@H]1CC[C@H](CN)O1. The standard InChI is InChI=1S/C12H22N2O2/c1-8(6-9-2-3-9)14-12(15)11-5-4-10(7-13)16-11/h8-11H,2-7,13H2,1H3,(H,14,15)/t8?,10-,11+/m1/s1. The van der Waals surface area contributed by atoms with Gasteiger partial charge in [-0.1, -0.05) is 12.8 Å². The number of rotatable bonds is 5. The first kappa shape index (κ1) is 11.9. The molecule has 0 aromatic carbocycles. The van der Waals surface area contributed by atoms with Gasteiger partial charge in [-0.15, -0.1) is 0 Å². The molecule has 0 bridgehead atoms. The number of ether oxygens (including phenoxy) is 1. The fraction of sp³-hybridized carbons (Fsp3) is 0.917. The normalized spacial score (nSPS) is 31.4. The minimum absolute atomic E-state index is 0.0455. The summed E-state index contributed by atoms with van der Waals surface area (Å²) in [6.07, 6.45) is 5.30. The van der Waals surface area contributed by atoms with Crippen LogP contribution in [0.1, 0.15) is 39.0 Å². The third-order valence-electron chi connectivity index (χ3n) is 3.44. The van der Waals surface area contributed by atoms with Crippen LogP contribution in [0.15, 0.2) is 0 Å². The van der Waals surface area contributed by atoms with E-state index >= 15 is 0 Å². The summed E-state index contributed by atoms with van der Waals surface area (Å²) in [5.41, 5.74) is 5.51. The average molecular weight is 226 g/mol. The number of hydrogen-bond acceptors (Lipinski definition) is 3. The Kier molecular flexibility index (Phi) is 3.82. The van der Waals surface area contributed by atoms with Gasteiger partial charge in [0.25, 0.3) is 0 Å². The molecule has 3 N–H and O–H groups in total. The van der Waals surface area contributed by atoms with E-state index in [0.717, 1.165) is 25.2 Å². The van der Waals surface area contributed by atoms with Crippen molar-refractivity contribution in [1.82, 2.24) is 5.32 Å². The molecule has 2 rings (SSSR count). The van der Waals surface area contributed by atoms with Crippen molar-refractivity contribution in [3.63, 3.8) is 0 Å². The molecule has 0 radical (unpaired) electrons. The summed E-state index contributed by atoms with van der Waals surface area (Å²) in [6, 6.07) is 0.278. The molecule has 4 heteroatoms. The number of amides is 1. The molecule has 0 spiro atoms. The molecule has 3 atom stereocenters. The average Bonchev–Trinajstić information content (AvgIpc) is 2.93. The smallest absolute Gasteiger partial charge is 0.249 e. The van der Waals surface area contributed by atoms with Crippen LogP contribution in [0.4, 0.5) is 0 Å². The van der Waals surface area contributed by atoms with Crippen molar-refractivity contribution in [2.24, 2.45) is 11.7 Å². The van der Waals surface area contributed by atoms with Crippen LogP contribution in [-0.2, 0) is 9.53 Å². The summed E-state index contributed by atoms with van der Waals surface area (Å²) in [5.74, 6) is 0.890. The molecular formula is C12H22N2O2. The fourth-order valence-corrected chi connectivity index (χ4v) is 2.32. The molecule has 2 fully saturated rings. The van der Waals surface area contributed by atoms with Gasteiger partial charge in [-0.25, -0.2) is 0 Å². The molecule has 1 saturated heterocycles. The second-order valence-electron chi connectivity index (χ2n) is 5.15. The summed E-state index contributed by atoms with van der Waals surface area (Å²) in [7, 11) is 0. The quantitative estimate of drug-likeness (QED) is 0.728. The van der Waals surface area contributed by atoms with Crippen molar-refractivity contribution in [3.05, 3.63) is 0 Å². The Hall–Kier alpha value is -0.610. The van der Waals surface area contributed by atoms with Gasteiger partial charge in [-0.2, -0.15) is 0 Å². The van der Waals surface area contributed by atoms with Gasteiger partial charge in [0, 0.05) is 12.6 Å². The zero-order valence-corrected chi connectivity index (χ0v) is 9.95. The summed E-state index contributed by atoms with van der Waals surface area (Å²) in [5, 5.41) is 3.03. The first-order valence-electron chi connectivity index (χ1n) is 6.35. The van der Waals surface area contributed by atoms with E-state index in [0.29, 0.717) is 6.54 Å². The Morgan fingerprint density at radius 1 is 1.44 bits per heavy atom. The molecule has 1 unspecified atom stereocenters. The highest BCUT2D eigenvalue weighted by molar-refractivity contribution is 5.81. The molecule has 16 heavy (non-hydrogen) atoms. The lowest BCUT2D eigenvalue weighted by molar-refractivity contribution is -0.132. The monoisotopic (exact) mass is 226 g/mol. The van der Waals surface area contributed by atoms with Crippen molar-refractivity contribution in [2.75, 3.05) is 6.54 Å². The zero-order valence-electron chi connectivity index (χ0n) is 9.95. The highest BCUT2D eigenvalue weighted by Gasteiger charge is 2.31. The Morgan fingerprint density at radius 2 is 2.19 bits per heavy atom. The molecule has 2 aliphatic rings. The number of nitrogens with two attached hydrogens (primary N) is 1. The van der Waals surface area contributed by atoms with E-state index in [1.165, 1.54) is 12.8 Å². The number of carbonyl (C=O) groups is 1. The number of nitrogens with one attached hydrogen (secondary N) is 1. The molecule has 92 valence electrons. The molecule has 1 aliphatic heterocycles. The second-order valence-corrected chi connectivity index (χ2v) is 5.15. The number of carbonyl (C=O) groups excluding carboxylic acids is 1. The van der Waals surface area contributed by atoms with Gasteiger partial charge in [0.05, 0.1) is 6.10 Å². The molecule has 1 saturated carbocycles. The maximum absolute atomic E-state index is 11.8. The van der Waals surface area contributed by atoms with Gasteiger partial charge < -0.3 is 15.8 Å². The largest absolute Gasteiger partial charge is 0.364 e. The minimum atomic E-state index is -0.268. The maximum atomic E-state index is 11.8. The van der Waals surface area contributed by atoms with Crippen molar-refractivity contribution >= 4 is 5.91 Å². The van der Waals surface area contributed by atoms with Crippen molar-refractivity contribution < 1.29 is 9.53 Å². The van der Waals surface area contributed by atoms with Crippen LogP contribution >= 0.6 is 0 Å². The first-order valence-corrected chi connectivity index (χ1v) is 6.35. The van der Waals surface area contributed by atoms with E-state index in [1.54, 1.807) is 0 Å². The molecule has 0 aromatic rings. The molecule has 4 nitrogen and oxygen atoms in total. The third kappa shape index (κ3) is 3.19. The minimum Gasteiger partial charge on any atom is -0.364 e. The van der Waals surface area contributed by atoms with Crippen LogP contribution < -0.4 is 11.1 Å². The van der Waals surface area contributed by atoms with Gasteiger partial charge in [0.2, 0.25) is 5.91 Å². The summed E-state index contributed by atoms with van der Waals surface area (Å²) < 4.78 is 5.56. The van der Waals surface area contributed by atoms with Crippen LogP contribution in [0.5, 0.6) is 0 Å². The Balaban J connectivity index is 1.70. The van der Waals surface area contributed by atoms with Crippen LogP contribution in [-0.4, -0.2) is 30.7 Å². The van der Waals surface area contributed by atoms with E-state index in [9.17, 15) is 4.79 Å². The Labute approximate surface area is 96.9 Å². The summed E-state index contributed by atoms with van der Waals surface area (Å²) in [4.78, 5) is 11.8. The predicted octanol–water partition coefficient (Wildman–Crippen LogP) is 0.797. The van der Waals surface area contributed by atoms with Crippen molar-refractivity contribution in [2.45, 2.75) is 57.3 Å². The van der Waals surface area contributed by atoms with E-state index in [1.807, 2.05) is 0 Å². The maximum Gasteiger partial charge on any atom is 0.249 e. The van der Waals surface area contributed by atoms with Crippen LogP contribution in [0.25, 0.3) is 0 Å². The van der Waals surface area contributed by atoms with E-state index in [4.69, 9.17) is 10.5 Å². The highest BCUT2D eigenvalue weighted by atomic mass is 16.5. The molecule has 1 aliphatic carbocycles. The summed E-state index contributed by atoms with van der Waals surface area (Å²) >= 11 is 0. The van der Waals surface area contributed by atoms with E-state index in [2.05, 4.69) is 12.2 Å². The van der Waals surface area contributed by atoms with Crippen LogP contribution in [0.3, 0.4) is 0 Å². The summed E-state index contributed by atoms with van der Waals surface area (Å²) in [6.45, 7) is 2.59. The van der Waals surface area contributed by atoms with Gasteiger partial charge >= 0.3 is 0 Å². The molecular weight excluding hydrogens is 204 g/mol. The lowest BCUT2D eigenvalue weighted by Gasteiger charge is -2.17. The van der Waals surface area contributed by atoms with Gasteiger partial charge in [-0.05, 0) is 32.1 Å². The first-order chi connectivity index (χ1) is 7.69. The zero-order chi connectivity index (χ0) is 11.5. The third-order valence-corrected chi connectivity index (χ3v) is 3.44. The molecule has 0 aromatic heterocycles.